The lowest BCUT2D eigenvalue weighted by Gasteiger charge is -2.17. The molecule has 1 aromatic heterocycles. The van der Waals surface area contributed by atoms with E-state index in [1.165, 1.54) is 24.1 Å². The number of nitrogens with zero attached hydrogens (tertiary/aromatic N) is 1. The average Bonchev–Trinajstić information content (AvgIpc) is 3.08. The smallest absolute Gasteiger partial charge is 0.191 e. The van der Waals surface area contributed by atoms with E-state index in [0.29, 0.717) is 6.04 Å². The van der Waals surface area contributed by atoms with Gasteiger partial charge in [-0.2, -0.15) is 11.8 Å². The van der Waals surface area contributed by atoms with Gasteiger partial charge in [0.2, 0.25) is 0 Å². The van der Waals surface area contributed by atoms with Crippen molar-refractivity contribution >= 4 is 40.7 Å². The van der Waals surface area contributed by atoms with Crippen molar-refractivity contribution in [1.29, 1.82) is 0 Å². The third-order valence-corrected chi connectivity index (χ3v) is 6.05. The lowest BCUT2D eigenvalue weighted by molar-refractivity contribution is 0.615. The molecule has 1 aliphatic rings. The van der Waals surface area contributed by atoms with Gasteiger partial charge in [-0.15, -0.1) is 11.3 Å². The molecule has 0 amide bonds. The predicted octanol–water partition coefficient (Wildman–Crippen LogP) is 3.78. The molecule has 1 aliphatic carbocycles. The average molecular weight is 346 g/mol. The van der Waals surface area contributed by atoms with Crippen LogP contribution in [-0.2, 0) is 6.42 Å². The lowest BCUT2D eigenvalue weighted by atomic mass is 10.2. The maximum absolute atomic E-state index is 5.95. The maximum atomic E-state index is 5.95. The van der Waals surface area contributed by atoms with Crippen molar-refractivity contribution in [2.24, 2.45) is 4.99 Å². The summed E-state index contributed by atoms with van der Waals surface area (Å²) in [5, 5.41) is 7.72. The molecule has 2 rings (SSSR count). The van der Waals surface area contributed by atoms with Crippen molar-refractivity contribution < 1.29 is 0 Å². The Morgan fingerprint density at radius 1 is 1.48 bits per heavy atom. The van der Waals surface area contributed by atoms with Crippen LogP contribution in [0.15, 0.2) is 17.1 Å². The molecule has 1 fully saturated rings. The Bertz CT molecular complexity index is 462. The van der Waals surface area contributed by atoms with Crippen LogP contribution in [0.2, 0.25) is 4.34 Å². The van der Waals surface area contributed by atoms with Crippen LogP contribution in [0.3, 0.4) is 0 Å². The standard InChI is InChI=1S/C15H24ClN3S2/c1-3-17-15(19-11-4-5-13(10-11)20-2)18-9-8-12-6-7-14(16)21-12/h6-7,11,13H,3-5,8-10H2,1-2H3,(H2,17,18,19). The highest BCUT2D eigenvalue weighted by atomic mass is 35.5. The van der Waals surface area contributed by atoms with E-state index in [9.17, 15) is 0 Å². The normalized spacial score (nSPS) is 22.5. The monoisotopic (exact) mass is 345 g/mol. The zero-order valence-electron chi connectivity index (χ0n) is 12.7. The topological polar surface area (TPSA) is 36.4 Å². The van der Waals surface area contributed by atoms with Gasteiger partial charge in [-0.3, -0.25) is 4.99 Å². The van der Waals surface area contributed by atoms with Crippen LogP contribution in [0, 0.1) is 0 Å². The molecule has 118 valence electrons. The molecule has 6 heteroatoms. The van der Waals surface area contributed by atoms with E-state index in [-0.39, 0.29) is 0 Å². The first-order valence-electron chi connectivity index (χ1n) is 7.53. The number of nitrogens with one attached hydrogen (secondary N) is 2. The number of thioether (sulfide) groups is 1. The zero-order valence-corrected chi connectivity index (χ0v) is 15.1. The summed E-state index contributed by atoms with van der Waals surface area (Å²) in [6, 6.07) is 4.61. The predicted molar refractivity (Wildman–Crippen MR) is 97.1 cm³/mol. The fourth-order valence-electron chi connectivity index (χ4n) is 2.56. The summed E-state index contributed by atoms with van der Waals surface area (Å²) in [4.78, 5) is 5.98. The van der Waals surface area contributed by atoms with Gasteiger partial charge in [-0.05, 0) is 44.6 Å². The molecule has 1 heterocycles. The van der Waals surface area contributed by atoms with Gasteiger partial charge in [0.15, 0.2) is 5.96 Å². The van der Waals surface area contributed by atoms with Crippen molar-refractivity contribution in [2.45, 2.75) is 43.9 Å². The number of halogens is 1. The largest absolute Gasteiger partial charge is 0.357 e. The van der Waals surface area contributed by atoms with Gasteiger partial charge >= 0.3 is 0 Å². The Hall–Kier alpha value is -0.390. The molecule has 2 N–H and O–H groups in total. The Morgan fingerprint density at radius 3 is 2.95 bits per heavy atom. The molecule has 2 unspecified atom stereocenters. The summed E-state index contributed by atoms with van der Waals surface area (Å²) in [5.41, 5.74) is 0. The van der Waals surface area contributed by atoms with Gasteiger partial charge in [0.1, 0.15) is 0 Å². The highest BCUT2D eigenvalue weighted by Gasteiger charge is 2.24. The van der Waals surface area contributed by atoms with Crippen LogP contribution in [0.4, 0.5) is 0 Å². The molecule has 0 radical (unpaired) electrons. The molecule has 1 aromatic rings. The highest BCUT2D eigenvalue weighted by Crippen LogP contribution is 2.28. The zero-order chi connectivity index (χ0) is 15.1. The fourth-order valence-corrected chi connectivity index (χ4v) is 4.44. The van der Waals surface area contributed by atoms with Crippen LogP contribution in [0.25, 0.3) is 0 Å². The molecule has 1 saturated carbocycles. The molecule has 3 nitrogen and oxygen atoms in total. The second-order valence-corrected chi connectivity index (χ2v) is 8.17. The highest BCUT2D eigenvalue weighted by molar-refractivity contribution is 7.99. The minimum absolute atomic E-state index is 0.566. The van der Waals surface area contributed by atoms with Crippen molar-refractivity contribution in [3.05, 3.63) is 21.3 Å². The van der Waals surface area contributed by atoms with Crippen molar-refractivity contribution in [3.8, 4) is 0 Å². The summed E-state index contributed by atoms with van der Waals surface area (Å²) in [6.07, 6.45) is 6.96. The first kappa shape index (κ1) is 17.0. The van der Waals surface area contributed by atoms with Crippen molar-refractivity contribution in [2.75, 3.05) is 19.3 Å². The molecular formula is C15H24ClN3S2. The van der Waals surface area contributed by atoms with E-state index in [2.05, 4.69) is 34.9 Å². The van der Waals surface area contributed by atoms with Crippen LogP contribution < -0.4 is 10.6 Å². The van der Waals surface area contributed by atoms with Gasteiger partial charge in [-0.25, -0.2) is 0 Å². The minimum atomic E-state index is 0.566. The van der Waals surface area contributed by atoms with Crippen LogP contribution >= 0.6 is 34.7 Å². The summed E-state index contributed by atoms with van der Waals surface area (Å²) in [7, 11) is 0. The van der Waals surface area contributed by atoms with E-state index in [1.54, 1.807) is 11.3 Å². The molecule has 0 bridgehead atoms. The second-order valence-electron chi connectivity index (χ2n) is 5.23. The minimum Gasteiger partial charge on any atom is -0.357 e. The van der Waals surface area contributed by atoms with E-state index < -0.39 is 0 Å². The number of hydrogen-bond donors (Lipinski definition) is 2. The van der Waals surface area contributed by atoms with Crippen LogP contribution in [0.1, 0.15) is 31.1 Å². The van der Waals surface area contributed by atoms with E-state index >= 15 is 0 Å². The number of guanidine groups is 1. The molecule has 2 atom stereocenters. The molecule has 21 heavy (non-hydrogen) atoms. The first-order chi connectivity index (χ1) is 10.2. The number of rotatable bonds is 6. The Labute approximate surface area is 141 Å². The summed E-state index contributed by atoms with van der Waals surface area (Å²) < 4.78 is 0.855. The molecular weight excluding hydrogens is 322 g/mol. The van der Waals surface area contributed by atoms with Gasteiger partial charge in [-0.1, -0.05) is 11.6 Å². The SMILES string of the molecule is CCNC(=NCCc1ccc(Cl)s1)NC1CCC(SC)C1. The van der Waals surface area contributed by atoms with Crippen LogP contribution in [0.5, 0.6) is 0 Å². The number of thiophene rings is 1. The van der Waals surface area contributed by atoms with E-state index in [1.807, 2.05) is 17.8 Å². The quantitative estimate of drug-likeness (QED) is 0.608. The lowest BCUT2D eigenvalue weighted by Crippen LogP contribution is -2.42. The summed E-state index contributed by atoms with van der Waals surface area (Å²) in [6.45, 7) is 3.80. The summed E-state index contributed by atoms with van der Waals surface area (Å²) in [5.74, 6) is 0.951. The molecule has 0 saturated heterocycles. The second kappa shape index (κ2) is 8.91. The van der Waals surface area contributed by atoms with E-state index in [0.717, 1.165) is 35.1 Å². The van der Waals surface area contributed by atoms with Crippen molar-refractivity contribution in [1.82, 2.24) is 10.6 Å². The van der Waals surface area contributed by atoms with E-state index in [4.69, 9.17) is 11.6 Å². The molecule has 0 aliphatic heterocycles. The Kier molecular flexibility index (Phi) is 7.20. The first-order valence-corrected chi connectivity index (χ1v) is 10.0. The van der Waals surface area contributed by atoms with Crippen LogP contribution in [-0.4, -0.2) is 36.6 Å². The molecule has 0 aromatic carbocycles. The van der Waals surface area contributed by atoms with Gasteiger partial charge in [0.05, 0.1) is 4.34 Å². The van der Waals surface area contributed by atoms with Crippen molar-refractivity contribution in [3.63, 3.8) is 0 Å². The van der Waals surface area contributed by atoms with Gasteiger partial charge in [0, 0.05) is 35.7 Å². The Balaban J connectivity index is 1.81. The molecule has 0 spiro atoms. The fraction of sp³-hybridized carbons (Fsp3) is 0.667. The number of hydrogen-bond acceptors (Lipinski definition) is 3. The number of aliphatic imine (C=N–C) groups is 1. The third kappa shape index (κ3) is 5.72. The van der Waals surface area contributed by atoms with Gasteiger partial charge < -0.3 is 10.6 Å². The maximum Gasteiger partial charge on any atom is 0.191 e. The Morgan fingerprint density at radius 2 is 2.33 bits per heavy atom. The summed E-state index contributed by atoms with van der Waals surface area (Å²) >= 11 is 9.57. The van der Waals surface area contributed by atoms with Gasteiger partial charge in [0.25, 0.3) is 0 Å². The third-order valence-electron chi connectivity index (χ3n) is 3.66.